The molecule has 1 spiro atoms. The standard InChI is InChI=1S/C18H24N2O4S2/c21-17-14-25-18(8-2-1-3-9-18)20(17)15-4-6-16(7-5-15)26(22,23)19-10-12-24-13-11-19/h4-7H,1-3,8-14H2. The lowest BCUT2D eigenvalue weighted by Gasteiger charge is -2.40. The second-order valence-electron chi connectivity index (χ2n) is 7.04. The summed E-state index contributed by atoms with van der Waals surface area (Å²) in [7, 11) is -3.50. The first kappa shape index (κ1) is 18.3. The number of hydrogen-bond donors (Lipinski definition) is 0. The Morgan fingerprint density at radius 1 is 1.00 bits per heavy atom. The molecule has 2 heterocycles. The SMILES string of the molecule is O=C1CSC2(CCCCC2)N1c1ccc(S(=O)(=O)N2CCOCC2)cc1. The van der Waals surface area contributed by atoms with E-state index in [0.29, 0.717) is 32.1 Å². The van der Waals surface area contributed by atoms with Gasteiger partial charge in [0.15, 0.2) is 0 Å². The summed E-state index contributed by atoms with van der Waals surface area (Å²) < 4.78 is 32.2. The molecule has 0 aromatic heterocycles. The van der Waals surface area contributed by atoms with Gasteiger partial charge in [0.2, 0.25) is 15.9 Å². The highest BCUT2D eigenvalue weighted by Crippen LogP contribution is 2.49. The van der Waals surface area contributed by atoms with E-state index < -0.39 is 10.0 Å². The molecule has 1 aromatic rings. The molecule has 0 bridgehead atoms. The molecule has 6 nitrogen and oxygen atoms in total. The Hall–Kier alpha value is -1.09. The van der Waals surface area contributed by atoms with Crippen LogP contribution in [0.4, 0.5) is 5.69 Å². The Kier molecular flexibility index (Phi) is 5.02. The molecule has 4 rings (SSSR count). The first-order valence-electron chi connectivity index (χ1n) is 9.18. The van der Waals surface area contributed by atoms with Gasteiger partial charge in [0.05, 0.1) is 28.7 Å². The van der Waals surface area contributed by atoms with Crippen LogP contribution in [0, 0.1) is 0 Å². The van der Waals surface area contributed by atoms with E-state index in [-0.39, 0.29) is 15.7 Å². The van der Waals surface area contributed by atoms with Gasteiger partial charge in [0, 0.05) is 18.8 Å². The summed E-state index contributed by atoms with van der Waals surface area (Å²) in [6.45, 7) is 1.63. The summed E-state index contributed by atoms with van der Waals surface area (Å²) in [5.74, 6) is 0.633. The van der Waals surface area contributed by atoms with E-state index >= 15 is 0 Å². The lowest BCUT2D eigenvalue weighted by Crippen LogP contribution is -2.46. The molecule has 8 heteroatoms. The van der Waals surface area contributed by atoms with Crippen LogP contribution in [-0.4, -0.2) is 55.6 Å². The largest absolute Gasteiger partial charge is 0.379 e. The molecular weight excluding hydrogens is 372 g/mol. The van der Waals surface area contributed by atoms with Gasteiger partial charge in [0.1, 0.15) is 0 Å². The van der Waals surface area contributed by atoms with E-state index in [4.69, 9.17) is 4.74 Å². The molecular formula is C18H24N2O4S2. The third-order valence-electron chi connectivity index (χ3n) is 5.46. The highest BCUT2D eigenvalue weighted by atomic mass is 32.2. The first-order valence-corrected chi connectivity index (χ1v) is 11.6. The van der Waals surface area contributed by atoms with Crippen LogP contribution in [0.1, 0.15) is 32.1 Å². The molecule has 0 atom stereocenters. The molecule has 2 saturated heterocycles. The van der Waals surface area contributed by atoms with Gasteiger partial charge in [-0.25, -0.2) is 8.42 Å². The zero-order chi connectivity index (χ0) is 18.2. The van der Waals surface area contributed by atoms with Gasteiger partial charge in [-0.2, -0.15) is 4.31 Å². The van der Waals surface area contributed by atoms with Crippen molar-refractivity contribution < 1.29 is 17.9 Å². The summed E-state index contributed by atoms with van der Waals surface area (Å²) in [4.78, 5) is 14.6. The number of nitrogens with zero attached hydrogens (tertiary/aromatic N) is 2. The van der Waals surface area contributed by atoms with Crippen LogP contribution in [0.25, 0.3) is 0 Å². The fourth-order valence-electron chi connectivity index (χ4n) is 4.11. The Morgan fingerprint density at radius 2 is 1.65 bits per heavy atom. The summed E-state index contributed by atoms with van der Waals surface area (Å²) >= 11 is 1.75. The molecule has 26 heavy (non-hydrogen) atoms. The minimum Gasteiger partial charge on any atom is -0.379 e. The van der Waals surface area contributed by atoms with Crippen molar-refractivity contribution in [2.45, 2.75) is 41.9 Å². The molecule has 142 valence electrons. The second kappa shape index (κ2) is 7.14. The van der Waals surface area contributed by atoms with Crippen molar-refractivity contribution in [1.29, 1.82) is 0 Å². The van der Waals surface area contributed by atoms with E-state index in [1.807, 2.05) is 4.90 Å². The zero-order valence-corrected chi connectivity index (χ0v) is 16.4. The van der Waals surface area contributed by atoms with Crippen molar-refractivity contribution in [2.75, 3.05) is 37.0 Å². The van der Waals surface area contributed by atoms with Crippen LogP contribution >= 0.6 is 11.8 Å². The maximum absolute atomic E-state index is 12.8. The third-order valence-corrected chi connectivity index (χ3v) is 8.89. The van der Waals surface area contributed by atoms with Crippen LogP contribution in [0.15, 0.2) is 29.2 Å². The molecule has 3 aliphatic rings. The van der Waals surface area contributed by atoms with Gasteiger partial charge in [-0.3, -0.25) is 9.69 Å². The third kappa shape index (κ3) is 3.17. The average molecular weight is 397 g/mol. The normalized spacial score (nSPS) is 24.3. The maximum Gasteiger partial charge on any atom is 0.243 e. The number of hydrogen-bond acceptors (Lipinski definition) is 5. The molecule has 1 aliphatic carbocycles. The number of benzene rings is 1. The van der Waals surface area contributed by atoms with Crippen LogP contribution in [-0.2, 0) is 19.6 Å². The number of sulfonamides is 1. The number of rotatable bonds is 3. The van der Waals surface area contributed by atoms with Crippen LogP contribution in [0.3, 0.4) is 0 Å². The summed E-state index contributed by atoms with van der Waals surface area (Å²) in [6, 6.07) is 6.83. The highest BCUT2D eigenvalue weighted by Gasteiger charge is 2.47. The van der Waals surface area contributed by atoms with E-state index in [0.717, 1.165) is 31.4 Å². The molecule has 1 amide bonds. The number of thioether (sulfide) groups is 1. The van der Waals surface area contributed by atoms with Crippen molar-refractivity contribution in [2.24, 2.45) is 0 Å². The monoisotopic (exact) mass is 396 g/mol. The predicted octanol–water partition coefficient (Wildman–Crippen LogP) is 2.45. The number of ether oxygens (including phenoxy) is 1. The van der Waals surface area contributed by atoms with E-state index in [9.17, 15) is 13.2 Å². The first-order chi connectivity index (χ1) is 12.5. The zero-order valence-electron chi connectivity index (χ0n) is 14.7. The lowest BCUT2D eigenvalue weighted by atomic mass is 9.93. The van der Waals surface area contributed by atoms with Gasteiger partial charge in [0.25, 0.3) is 0 Å². The molecule has 3 fully saturated rings. The number of carbonyl (C=O) groups excluding carboxylic acids is 1. The van der Waals surface area contributed by atoms with Crippen molar-refractivity contribution in [3.05, 3.63) is 24.3 Å². The Labute approximate surface area is 158 Å². The van der Waals surface area contributed by atoms with Crippen LogP contribution in [0.5, 0.6) is 0 Å². The van der Waals surface area contributed by atoms with E-state index in [1.54, 1.807) is 36.0 Å². The smallest absolute Gasteiger partial charge is 0.243 e. The Balaban J connectivity index is 1.60. The highest BCUT2D eigenvalue weighted by molar-refractivity contribution is 8.02. The fourth-order valence-corrected chi connectivity index (χ4v) is 6.95. The maximum atomic E-state index is 12.8. The number of morpholine rings is 1. The molecule has 0 radical (unpaired) electrons. The van der Waals surface area contributed by atoms with Crippen LogP contribution in [0.2, 0.25) is 0 Å². The quantitative estimate of drug-likeness (QED) is 0.785. The predicted molar refractivity (Wildman–Crippen MR) is 102 cm³/mol. The average Bonchev–Trinajstić information content (AvgIpc) is 2.99. The summed E-state index contributed by atoms with van der Waals surface area (Å²) in [5, 5.41) is 0. The molecule has 0 N–H and O–H groups in total. The van der Waals surface area contributed by atoms with Crippen molar-refractivity contribution >= 4 is 33.4 Å². The Bertz CT molecular complexity index is 767. The van der Waals surface area contributed by atoms with Gasteiger partial charge in [-0.1, -0.05) is 19.3 Å². The van der Waals surface area contributed by atoms with E-state index in [1.165, 1.54) is 10.7 Å². The van der Waals surface area contributed by atoms with Gasteiger partial charge in [-0.15, -0.1) is 11.8 Å². The fraction of sp³-hybridized carbons (Fsp3) is 0.611. The summed E-state index contributed by atoms with van der Waals surface area (Å²) in [6.07, 6.45) is 5.52. The van der Waals surface area contributed by atoms with Crippen molar-refractivity contribution in [3.8, 4) is 0 Å². The molecule has 1 aromatic carbocycles. The van der Waals surface area contributed by atoms with E-state index in [2.05, 4.69) is 0 Å². The number of anilines is 1. The van der Waals surface area contributed by atoms with Crippen molar-refractivity contribution in [3.63, 3.8) is 0 Å². The van der Waals surface area contributed by atoms with Crippen molar-refractivity contribution in [1.82, 2.24) is 4.31 Å². The number of carbonyl (C=O) groups is 1. The Morgan fingerprint density at radius 3 is 2.31 bits per heavy atom. The second-order valence-corrected chi connectivity index (χ2v) is 10.3. The topological polar surface area (TPSA) is 66.9 Å². The van der Waals surface area contributed by atoms with Gasteiger partial charge >= 0.3 is 0 Å². The van der Waals surface area contributed by atoms with Gasteiger partial charge in [-0.05, 0) is 37.1 Å². The minimum absolute atomic E-state index is 0.126. The van der Waals surface area contributed by atoms with Crippen LogP contribution < -0.4 is 4.90 Å². The van der Waals surface area contributed by atoms with Gasteiger partial charge < -0.3 is 4.74 Å². The number of amides is 1. The summed E-state index contributed by atoms with van der Waals surface area (Å²) in [5.41, 5.74) is 0.808. The minimum atomic E-state index is -3.50. The molecule has 2 aliphatic heterocycles. The molecule has 1 saturated carbocycles. The lowest BCUT2D eigenvalue weighted by molar-refractivity contribution is -0.116. The molecule has 0 unspecified atom stereocenters.